The third-order valence-corrected chi connectivity index (χ3v) is 3.49. The monoisotopic (exact) mass is 293 g/mol. The lowest BCUT2D eigenvalue weighted by molar-refractivity contribution is 0.0681. The second-order valence-corrected chi connectivity index (χ2v) is 5.91. The summed E-state index contributed by atoms with van der Waals surface area (Å²) < 4.78 is 10.5. The van der Waals surface area contributed by atoms with E-state index in [-0.39, 0.29) is 0 Å². The molecular formula is C18H31NO2. The Balaban J connectivity index is 2.34. The van der Waals surface area contributed by atoms with Crippen molar-refractivity contribution < 1.29 is 9.47 Å². The predicted molar refractivity (Wildman–Crippen MR) is 88.8 cm³/mol. The molecule has 0 bridgehead atoms. The van der Waals surface area contributed by atoms with Crippen LogP contribution in [0.1, 0.15) is 38.2 Å². The summed E-state index contributed by atoms with van der Waals surface area (Å²) in [6, 6.07) is 10.8. The van der Waals surface area contributed by atoms with Crippen LogP contribution < -0.4 is 5.32 Å². The zero-order chi connectivity index (χ0) is 15.3. The molecule has 0 aliphatic rings. The third-order valence-electron chi connectivity index (χ3n) is 3.49. The lowest BCUT2D eigenvalue weighted by atomic mass is 9.94. The average Bonchev–Trinajstić information content (AvgIpc) is 2.49. The molecule has 21 heavy (non-hydrogen) atoms. The van der Waals surface area contributed by atoms with E-state index in [4.69, 9.17) is 9.47 Å². The molecule has 0 aliphatic carbocycles. The number of methoxy groups -OCH3 is 1. The molecule has 0 saturated carbocycles. The minimum atomic E-state index is 0.566. The second kappa shape index (κ2) is 11.7. The first-order valence-corrected chi connectivity index (χ1v) is 8.06. The van der Waals surface area contributed by atoms with Crippen molar-refractivity contribution in [2.24, 2.45) is 5.92 Å². The van der Waals surface area contributed by atoms with Gasteiger partial charge in [-0.15, -0.1) is 0 Å². The summed E-state index contributed by atoms with van der Waals surface area (Å²) in [4.78, 5) is 0. The average molecular weight is 293 g/mol. The number of benzene rings is 1. The van der Waals surface area contributed by atoms with Crippen LogP contribution in [0, 0.1) is 5.92 Å². The maximum Gasteiger partial charge on any atom is 0.0700 e. The quantitative estimate of drug-likeness (QED) is 0.599. The predicted octanol–water partition coefficient (Wildman–Crippen LogP) is 3.46. The number of nitrogens with one attached hydrogen (secondary N) is 1. The van der Waals surface area contributed by atoms with Gasteiger partial charge in [0, 0.05) is 20.3 Å². The van der Waals surface area contributed by atoms with Gasteiger partial charge in [0.2, 0.25) is 0 Å². The van der Waals surface area contributed by atoms with E-state index in [2.05, 4.69) is 49.5 Å². The molecule has 0 aromatic heterocycles. The Morgan fingerprint density at radius 1 is 1.00 bits per heavy atom. The molecule has 0 aliphatic heterocycles. The van der Waals surface area contributed by atoms with Gasteiger partial charge in [-0.1, -0.05) is 44.2 Å². The minimum absolute atomic E-state index is 0.566. The summed E-state index contributed by atoms with van der Waals surface area (Å²) in [6.07, 6.45) is 2.24. The van der Waals surface area contributed by atoms with Crippen LogP contribution in [0.5, 0.6) is 0 Å². The molecule has 1 unspecified atom stereocenters. The Morgan fingerprint density at radius 3 is 2.43 bits per heavy atom. The zero-order valence-corrected chi connectivity index (χ0v) is 13.8. The van der Waals surface area contributed by atoms with Gasteiger partial charge in [0.05, 0.1) is 13.2 Å². The first-order valence-electron chi connectivity index (χ1n) is 8.06. The summed E-state index contributed by atoms with van der Waals surface area (Å²) in [6.45, 7) is 8.79. The summed E-state index contributed by atoms with van der Waals surface area (Å²) in [5.41, 5.74) is 1.42. The maximum absolute atomic E-state index is 5.56. The molecule has 1 rings (SSSR count). The topological polar surface area (TPSA) is 30.5 Å². The number of hydrogen-bond donors (Lipinski definition) is 1. The molecule has 0 heterocycles. The minimum Gasteiger partial charge on any atom is -0.382 e. The van der Waals surface area contributed by atoms with E-state index in [0.29, 0.717) is 25.0 Å². The van der Waals surface area contributed by atoms with Gasteiger partial charge in [0.15, 0.2) is 0 Å². The molecule has 120 valence electrons. The normalized spacial score (nSPS) is 12.8. The van der Waals surface area contributed by atoms with Gasteiger partial charge >= 0.3 is 0 Å². The van der Waals surface area contributed by atoms with Crippen LogP contribution in [0.4, 0.5) is 0 Å². The van der Waals surface area contributed by atoms with Crippen molar-refractivity contribution in [2.45, 2.75) is 32.6 Å². The van der Waals surface area contributed by atoms with Crippen molar-refractivity contribution in [3.05, 3.63) is 35.9 Å². The Hall–Kier alpha value is -0.900. The summed E-state index contributed by atoms with van der Waals surface area (Å²) >= 11 is 0. The summed E-state index contributed by atoms with van der Waals surface area (Å²) in [5.74, 6) is 1.26. The van der Waals surface area contributed by atoms with Gasteiger partial charge < -0.3 is 14.8 Å². The van der Waals surface area contributed by atoms with Crippen molar-refractivity contribution >= 4 is 0 Å². The van der Waals surface area contributed by atoms with Gasteiger partial charge in [-0.3, -0.25) is 0 Å². The fourth-order valence-electron chi connectivity index (χ4n) is 2.33. The van der Waals surface area contributed by atoms with Gasteiger partial charge in [0.25, 0.3) is 0 Å². The van der Waals surface area contributed by atoms with E-state index in [0.717, 1.165) is 32.5 Å². The van der Waals surface area contributed by atoms with Crippen molar-refractivity contribution in [1.82, 2.24) is 5.32 Å². The third kappa shape index (κ3) is 8.86. The molecule has 0 fully saturated rings. The SMILES string of the molecule is COCCOCCCC(CNCC(C)C)c1ccccc1. The molecule has 0 spiro atoms. The standard InChI is InChI=1S/C18H31NO2/c1-16(2)14-19-15-18(17-8-5-4-6-9-17)10-7-11-21-13-12-20-3/h4-6,8-9,16,18-19H,7,10-15H2,1-3H3. The molecule has 0 amide bonds. The van der Waals surface area contributed by atoms with Crippen LogP contribution in [0.3, 0.4) is 0 Å². The van der Waals surface area contributed by atoms with Crippen molar-refractivity contribution in [3.8, 4) is 0 Å². The molecule has 1 aromatic carbocycles. The maximum atomic E-state index is 5.56. The Labute approximate surface area is 130 Å². The molecule has 0 radical (unpaired) electrons. The van der Waals surface area contributed by atoms with Crippen LogP contribution >= 0.6 is 0 Å². The fourth-order valence-corrected chi connectivity index (χ4v) is 2.33. The molecule has 3 nitrogen and oxygen atoms in total. The number of ether oxygens (including phenoxy) is 2. The van der Waals surface area contributed by atoms with E-state index in [1.807, 2.05) is 0 Å². The van der Waals surface area contributed by atoms with Crippen LogP contribution in [0.15, 0.2) is 30.3 Å². The highest BCUT2D eigenvalue weighted by atomic mass is 16.5. The van der Waals surface area contributed by atoms with Gasteiger partial charge in [0.1, 0.15) is 0 Å². The molecule has 0 saturated heterocycles. The van der Waals surface area contributed by atoms with Crippen LogP contribution in [0.2, 0.25) is 0 Å². The highest BCUT2D eigenvalue weighted by Gasteiger charge is 2.11. The largest absolute Gasteiger partial charge is 0.382 e. The molecule has 1 aromatic rings. The molecule has 1 atom stereocenters. The highest BCUT2D eigenvalue weighted by Crippen LogP contribution is 2.20. The van der Waals surface area contributed by atoms with E-state index in [1.54, 1.807) is 7.11 Å². The Bertz CT molecular complexity index is 340. The molecule has 1 N–H and O–H groups in total. The van der Waals surface area contributed by atoms with Crippen molar-refractivity contribution in [1.29, 1.82) is 0 Å². The lowest BCUT2D eigenvalue weighted by Gasteiger charge is -2.19. The van der Waals surface area contributed by atoms with E-state index in [1.165, 1.54) is 5.56 Å². The first-order chi connectivity index (χ1) is 10.2. The van der Waals surface area contributed by atoms with E-state index in [9.17, 15) is 0 Å². The Morgan fingerprint density at radius 2 is 1.76 bits per heavy atom. The van der Waals surface area contributed by atoms with E-state index >= 15 is 0 Å². The van der Waals surface area contributed by atoms with Gasteiger partial charge in [-0.2, -0.15) is 0 Å². The number of rotatable bonds is 12. The second-order valence-electron chi connectivity index (χ2n) is 5.91. The highest BCUT2D eigenvalue weighted by molar-refractivity contribution is 5.19. The lowest BCUT2D eigenvalue weighted by Crippen LogP contribution is -2.25. The molecular weight excluding hydrogens is 262 g/mol. The van der Waals surface area contributed by atoms with E-state index < -0.39 is 0 Å². The first kappa shape index (κ1) is 18.1. The summed E-state index contributed by atoms with van der Waals surface area (Å²) in [7, 11) is 1.70. The summed E-state index contributed by atoms with van der Waals surface area (Å²) in [5, 5.41) is 3.58. The number of hydrogen-bond acceptors (Lipinski definition) is 3. The van der Waals surface area contributed by atoms with Crippen LogP contribution in [-0.2, 0) is 9.47 Å². The molecule has 3 heteroatoms. The van der Waals surface area contributed by atoms with Crippen molar-refractivity contribution in [2.75, 3.05) is 40.0 Å². The van der Waals surface area contributed by atoms with Crippen LogP contribution in [0.25, 0.3) is 0 Å². The van der Waals surface area contributed by atoms with Crippen LogP contribution in [-0.4, -0.2) is 40.0 Å². The van der Waals surface area contributed by atoms with Gasteiger partial charge in [-0.25, -0.2) is 0 Å². The fraction of sp³-hybridized carbons (Fsp3) is 0.667. The van der Waals surface area contributed by atoms with Crippen molar-refractivity contribution in [3.63, 3.8) is 0 Å². The zero-order valence-electron chi connectivity index (χ0n) is 13.8. The Kier molecular flexibility index (Phi) is 10.1. The smallest absolute Gasteiger partial charge is 0.0700 e. The van der Waals surface area contributed by atoms with Gasteiger partial charge in [-0.05, 0) is 36.8 Å².